The monoisotopic (exact) mass is 512 g/mol. The smallest absolute Gasteiger partial charge is 0.407 e. The van der Waals surface area contributed by atoms with Crippen molar-refractivity contribution in [3.63, 3.8) is 0 Å². The molecule has 6 nitrogen and oxygen atoms in total. The number of rotatable bonds is 21. The van der Waals surface area contributed by atoms with Crippen molar-refractivity contribution >= 4 is 24.5 Å². The van der Waals surface area contributed by atoms with Gasteiger partial charge in [-0.2, -0.15) is 0 Å². The number of aryl methyl sites for hydroxylation is 1. The van der Waals surface area contributed by atoms with Gasteiger partial charge in [0, 0.05) is 13.1 Å². The summed E-state index contributed by atoms with van der Waals surface area (Å²) in [5.74, 6) is -0.454. The number of benzene rings is 1. The summed E-state index contributed by atoms with van der Waals surface area (Å²) in [5.41, 5.74) is 1.47. The molecule has 0 aromatic heterocycles. The van der Waals surface area contributed by atoms with Gasteiger partial charge in [0.1, 0.15) is 13.2 Å². The summed E-state index contributed by atoms with van der Waals surface area (Å²) >= 11 is 0. The highest BCUT2D eigenvalue weighted by Gasteiger charge is 2.08. The Morgan fingerprint density at radius 2 is 1.26 bits per heavy atom. The van der Waals surface area contributed by atoms with E-state index < -0.39 is 6.09 Å². The minimum absolute atomic E-state index is 0. The van der Waals surface area contributed by atoms with Gasteiger partial charge in [-0.15, -0.1) is 12.4 Å². The molecule has 0 saturated carbocycles. The van der Waals surface area contributed by atoms with Crippen LogP contribution in [0.5, 0.6) is 0 Å². The topological polar surface area (TPSA) is 76.7 Å². The lowest BCUT2D eigenvalue weighted by atomic mass is 10.0. The average Bonchev–Trinajstić information content (AvgIpc) is 2.84. The van der Waals surface area contributed by atoms with Crippen LogP contribution in [0.25, 0.3) is 0 Å². The van der Waals surface area contributed by atoms with Crippen LogP contribution in [0.15, 0.2) is 30.3 Å². The van der Waals surface area contributed by atoms with E-state index in [1.165, 1.54) is 82.6 Å². The SMILES string of the molecule is CC(C)C(=O)OCCOC(=O)NCCNCCCCCCCCCCCCCc1ccccc1.Cl. The molecule has 0 radical (unpaired) electrons. The summed E-state index contributed by atoms with van der Waals surface area (Å²) in [5, 5.41) is 6.03. The number of carbonyl (C=O) groups is 2. The Labute approximate surface area is 219 Å². The van der Waals surface area contributed by atoms with Gasteiger partial charge in [0.15, 0.2) is 0 Å². The maximum absolute atomic E-state index is 11.5. The minimum Gasteiger partial charge on any atom is -0.462 e. The van der Waals surface area contributed by atoms with Crippen molar-refractivity contribution in [1.82, 2.24) is 10.6 Å². The van der Waals surface area contributed by atoms with Gasteiger partial charge in [-0.05, 0) is 31.4 Å². The third kappa shape index (κ3) is 21.2. The van der Waals surface area contributed by atoms with Crippen molar-refractivity contribution in [2.45, 2.75) is 90.9 Å². The largest absolute Gasteiger partial charge is 0.462 e. The number of esters is 1. The van der Waals surface area contributed by atoms with Crippen LogP contribution in [0.2, 0.25) is 0 Å². The molecule has 0 atom stereocenters. The van der Waals surface area contributed by atoms with E-state index in [1.807, 2.05) is 0 Å². The molecule has 35 heavy (non-hydrogen) atoms. The van der Waals surface area contributed by atoms with E-state index in [0.29, 0.717) is 6.54 Å². The zero-order valence-corrected chi connectivity index (χ0v) is 22.8. The second kappa shape index (κ2) is 23.9. The third-order valence-corrected chi connectivity index (χ3v) is 5.77. The molecule has 0 saturated heterocycles. The number of unbranched alkanes of at least 4 members (excludes halogenated alkanes) is 10. The van der Waals surface area contributed by atoms with E-state index in [1.54, 1.807) is 13.8 Å². The molecule has 0 spiro atoms. The molecule has 202 valence electrons. The van der Waals surface area contributed by atoms with Crippen molar-refractivity contribution in [2.24, 2.45) is 5.92 Å². The summed E-state index contributed by atoms with van der Waals surface area (Å²) in [6.07, 6.45) is 15.4. The molecule has 7 heteroatoms. The van der Waals surface area contributed by atoms with Crippen LogP contribution in [-0.2, 0) is 20.7 Å². The predicted octanol–water partition coefficient (Wildman–Crippen LogP) is 6.46. The number of alkyl carbamates (subject to hydrolysis) is 1. The second-order valence-electron chi connectivity index (χ2n) is 9.26. The highest BCUT2D eigenvalue weighted by Crippen LogP contribution is 2.12. The third-order valence-electron chi connectivity index (χ3n) is 5.77. The van der Waals surface area contributed by atoms with Crippen molar-refractivity contribution in [1.29, 1.82) is 0 Å². The normalized spacial score (nSPS) is 10.6. The maximum Gasteiger partial charge on any atom is 0.407 e. The molecule has 0 aliphatic heterocycles. The maximum atomic E-state index is 11.5. The van der Waals surface area contributed by atoms with E-state index >= 15 is 0 Å². The van der Waals surface area contributed by atoms with Gasteiger partial charge >= 0.3 is 12.1 Å². The van der Waals surface area contributed by atoms with E-state index in [9.17, 15) is 9.59 Å². The van der Waals surface area contributed by atoms with E-state index in [4.69, 9.17) is 9.47 Å². The van der Waals surface area contributed by atoms with Gasteiger partial charge < -0.3 is 20.1 Å². The summed E-state index contributed by atoms with van der Waals surface area (Å²) in [6, 6.07) is 10.8. The molecular weight excluding hydrogens is 464 g/mol. The van der Waals surface area contributed by atoms with Crippen LogP contribution in [0.3, 0.4) is 0 Å². The van der Waals surface area contributed by atoms with Crippen molar-refractivity contribution in [3.8, 4) is 0 Å². The number of carbonyl (C=O) groups excluding carboxylic acids is 2. The summed E-state index contributed by atoms with van der Waals surface area (Å²) in [6.45, 7) is 5.93. The molecule has 1 aromatic rings. The van der Waals surface area contributed by atoms with Gasteiger partial charge in [0.2, 0.25) is 0 Å². The van der Waals surface area contributed by atoms with Gasteiger partial charge in [-0.3, -0.25) is 4.79 Å². The van der Waals surface area contributed by atoms with Gasteiger partial charge in [0.05, 0.1) is 5.92 Å². The van der Waals surface area contributed by atoms with Gasteiger partial charge in [-0.25, -0.2) is 4.79 Å². The molecule has 1 rings (SSSR count). The van der Waals surface area contributed by atoms with Crippen LogP contribution in [-0.4, -0.2) is 44.9 Å². The Morgan fingerprint density at radius 1 is 0.714 bits per heavy atom. The first-order chi connectivity index (χ1) is 16.6. The van der Waals surface area contributed by atoms with E-state index in [-0.39, 0.29) is 37.5 Å². The first-order valence-corrected chi connectivity index (χ1v) is 13.4. The number of amides is 1. The Bertz CT molecular complexity index is 629. The molecule has 1 amide bonds. The van der Waals surface area contributed by atoms with E-state index in [2.05, 4.69) is 41.0 Å². The fourth-order valence-corrected chi connectivity index (χ4v) is 3.69. The Hall–Kier alpha value is -1.79. The van der Waals surface area contributed by atoms with Crippen LogP contribution in [0.1, 0.15) is 90.0 Å². The molecule has 2 N–H and O–H groups in total. The quantitative estimate of drug-likeness (QED) is 0.146. The predicted molar refractivity (Wildman–Crippen MR) is 146 cm³/mol. The van der Waals surface area contributed by atoms with Crippen LogP contribution in [0.4, 0.5) is 4.79 Å². The highest BCUT2D eigenvalue weighted by atomic mass is 35.5. The van der Waals surface area contributed by atoms with Gasteiger partial charge in [-0.1, -0.05) is 102 Å². The number of hydrogen-bond donors (Lipinski definition) is 2. The summed E-state index contributed by atoms with van der Waals surface area (Å²) < 4.78 is 9.90. The second-order valence-corrected chi connectivity index (χ2v) is 9.26. The van der Waals surface area contributed by atoms with Crippen LogP contribution < -0.4 is 10.6 Å². The fraction of sp³-hybridized carbons (Fsp3) is 0.714. The fourth-order valence-electron chi connectivity index (χ4n) is 3.69. The number of halogens is 1. The van der Waals surface area contributed by atoms with Gasteiger partial charge in [0.25, 0.3) is 0 Å². The average molecular weight is 513 g/mol. The molecule has 1 aromatic carbocycles. The number of nitrogens with one attached hydrogen (secondary N) is 2. The minimum atomic E-state index is -0.477. The van der Waals surface area contributed by atoms with Crippen LogP contribution >= 0.6 is 12.4 Å². The Kier molecular flexibility index (Phi) is 22.7. The zero-order valence-electron chi connectivity index (χ0n) is 22.0. The Balaban J connectivity index is 0.0000116. The van der Waals surface area contributed by atoms with Crippen molar-refractivity contribution < 1.29 is 19.1 Å². The lowest BCUT2D eigenvalue weighted by Crippen LogP contribution is -2.33. The molecule has 0 heterocycles. The van der Waals surface area contributed by atoms with Crippen molar-refractivity contribution in [3.05, 3.63) is 35.9 Å². The molecule has 0 aliphatic rings. The first-order valence-electron chi connectivity index (χ1n) is 13.4. The molecule has 0 aliphatic carbocycles. The number of ether oxygens (including phenoxy) is 2. The lowest BCUT2D eigenvalue weighted by molar-refractivity contribution is -0.148. The molecular formula is C28H49ClN2O4. The molecule has 0 unspecified atom stereocenters. The summed E-state index contributed by atoms with van der Waals surface area (Å²) in [7, 11) is 0. The standard InChI is InChI=1S/C28H48N2O4.ClH/c1-25(2)27(31)33-23-24-34-28(32)30-22-21-29-20-16-11-9-7-5-3-4-6-8-10-13-17-26-18-14-12-15-19-26;/h12,14-15,18-19,25,29H,3-11,13,16-17,20-24H2,1-2H3,(H,30,32);1H. The molecule has 0 fully saturated rings. The van der Waals surface area contributed by atoms with E-state index in [0.717, 1.165) is 13.1 Å². The highest BCUT2D eigenvalue weighted by molar-refractivity contribution is 5.85. The van der Waals surface area contributed by atoms with Crippen LogP contribution in [0, 0.1) is 5.92 Å². The zero-order chi connectivity index (χ0) is 24.7. The Morgan fingerprint density at radius 3 is 1.86 bits per heavy atom. The lowest BCUT2D eigenvalue weighted by Gasteiger charge is -2.09. The van der Waals surface area contributed by atoms with Crippen molar-refractivity contribution in [2.75, 3.05) is 32.8 Å². The molecule has 0 bridgehead atoms. The first kappa shape index (κ1) is 33.2. The number of hydrogen-bond acceptors (Lipinski definition) is 5. The summed E-state index contributed by atoms with van der Waals surface area (Å²) in [4.78, 5) is 22.8.